The van der Waals surface area contributed by atoms with E-state index in [1.54, 1.807) is 11.9 Å². The number of aromatic nitrogens is 2. The summed E-state index contributed by atoms with van der Waals surface area (Å²) in [5.41, 5.74) is 1.12. The summed E-state index contributed by atoms with van der Waals surface area (Å²) in [4.78, 5) is 8.79. The molecule has 1 aliphatic carbocycles. The molecule has 0 spiro atoms. The van der Waals surface area contributed by atoms with Gasteiger partial charge in [-0.15, -0.1) is 0 Å². The van der Waals surface area contributed by atoms with E-state index < -0.39 is 0 Å². The summed E-state index contributed by atoms with van der Waals surface area (Å²) >= 11 is 1.75. The van der Waals surface area contributed by atoms with E-state index in [0.717, 1.165) is 23.4 Å². The van der Waals surface area contributed by atoms with Gasteiger partial charge in [0.2, 0.25) is 5.95 Å². The predicted octanol–water partition coefficient (Wildman–Crippen LogP) is 2.12. The van der Waals surface area contributed by atoms with Crippen molar-refractivity contribution in [2.45, 2.75) is 37.0 Å². The normalized spacial score (nSPS) is 24.6. The average molecular weight is 236 g/mol. The van der Waals surface area contributed by atoms with E-state index in [4.69, 9.17) is 0 Å². The zero-order valence-electron chi connectivity index (χ0n) is 9.15. The molecule has 86 valence electrons. The molecular weight excluding hydrogens is 220 g/mol. The van der Waals surface area contributed by atoms with Crippen molar-refractivity contribution >= 4 is 17.9 Å². The molecule has 3 rings (SSSR count). The summed E-state index contributed by atoms with van der Waals surface area (Å²) in [5.74, 6) is 0.753. The fraction of sp³-hybridized carbons (Fsp3) is 0.636. The lowest BCUT2D eigenvalue weighted by Crippen LogP contribution is -2.14. The molecule has 0 bridgehead atoms. The molecule has 16 heavy (non-hydrogen) atoms. The van der Waals surface area contributed by atoms with Gasteiger partial charge in [-0.3, -0.25) is 4.72 Å². The SMILES string of the molecule is c1cc(C2CCCN2)nc(NSC2CC2)n1. The Labute approximate surface area is 99.8 Å². The molecule has 0 radical (unpaired) electrons. The molecule has 2 N–H and O–H groups in total. The summed E-state index contributed by atoms with van der Waals surface area (Å²) in [6.07, 6.45) is 6.92. The number of nitrogens with one attached hydrogen (secondary N) is 2. The Kier molecular flexibility index (Phi) is 2.97. The van der Waals surface area contributed by atoms with Gasteiger partial charge in [0.1, 0.15) is 0 Å². The molecule has 0 aromatic carbocycles. The Balaban J connectivity index is 1.65. The van der Waals surface area contributed by atoms with Crippen LogP contribution in [0, 0.1) is 0 Å². The molecule has 1 aromatic rings. The molecule has 1 unspecified atom stereocenters. The van der Waals surface area contributed by atoms with Crippen molar-refractivity contribution in [2.75, 3.05) is 11.3 Å². The molecule has 0 amide bonds. The Bertz CT molecular complexity index is 361. The second-order valence-electron chi connectivity index (χ2n) is 4.37. The van der Waals surface area contributed by atoms with Crippen LogP contribution in [0.25, 0.3) is 0 Å². The molecule has 1 aromatic heterocycles. The van der Waals surface area contributed by atoms with E-state index in [1.807, 2.05) is 12.3 Å². The molecule has 2 heterocycles. The highest BCUT2D eigenvalue weighted by molar-refractivity contribution is 8.01. The summed E-state index contributed by atoms with van der Waals surface area (Å²) in [6.45, 7) is 1.11. The largest absolute Gasteiger partial charge is 0.309 e. The lowest BCUT2D eigenvalue weighted by Gasteiger charge is -2.10. The van der Waals surface area contributed by atoms with Crippen molar-refractivity contribution in [1.82, 2.24) is 15.3 Å². The third kappa shape index (κ3) is 2.47. The van der Waals surface area contributed by atoms with Crippen LogP contribution >= 0.6 is 11.9 Å². The topological polar surface area (TPSA) is 49.8 Å². The van der Waals surface area contributed by atoms with Crippen LogP contribution in [0.1, 0.15) is 37.4 Å². The Morgan fingerprint density at radius 3 is 3.06 bits per heavy atom. The van der Waals surface area contributed by atoms with E-state index in [9.17, 15) is 0 Å². The first kappa shape index (κ1) is 10.4. The summed E-state index contributed by atoms with van der Waals surface area (Å²) < 4.78 is 3.24. The van der Waals surface area contributed by atoms with Gasteiger partial charge in [-0.2, -0.15) is 0 Å². The number of hydrogen-bond acceptors (Lipinski definition) is 5. The number of anilines is 1. The van der Waals surface area contributed by atoms with Crippen molar-refractivity contribution in [3.8, 4) is 0 Å². The van der Waals surface area contributed by atoms with Gasteiger partial charge in [0.05, 0.1) is 5.69 Å². The van der Waals surface area contributed by atoms with Crippen LogP contribution < -0.4 is 10.0 Å². The minimum atomic E-state index is 0.425. The van der Waals surface area contributed by atoms with Gasteiger partial charge in [-0.1, -0.05) is 0 Å². The van der Waals surface area contributed by atoms with Gasteiger partial charge in [-0.05, 0) is 50.2 Å². The highest BCUT2D eigenvalue weighted by atomic mass is 32.2. The molecule has 1 atom stereocenters. The van der Waals surface area contributed by atoms with Gasteiger partial charge >= 0.3 is 0 Å². The molecule has 4 nitrogen and oxygen atoms in total. The fourth-order valence-electron chi connectivity index (χ4n) is 1.87. The van der Waals surface area contributed by atoms with Crippen LogP contribution in [-0.4, -0.2) is 21.8 Å². The van der Waals surface area contributed by atoms with Crippen LogP contribution in [0.2, 0.25) is 0 Å². The molecule has 1 saturated carbocycles. The first-order valence-electron chi connectivity index (χ1n) is 5.90. The van der Waals surface area contributed by atoms with E-state index in [2.05, 4.69) is 20.0 Å². The Morgan fingerprint density at radius 1 is 1.38 bits per heavy atom. The second kappa shape index (κ2) is 4.59. The standard InChI is InChI=1S/C11H16N4S/c1-2-9(12-6-1)10-5-7-13-11(14-10)15-16-8-3-4-8/h5,7-9,12H,1-4,6H2,(H,13,14,15). The predicted molar refractivity (Wildman–Crippen MR) is 66.2 cm³/mol. The lowest BCUT2D eigenvalue weighted by molar-refractivity contribution is 0.627. The zero-order valence-corrected chi connectivity index (χ0v) is 9.96. The van der Waals surface area contributed by atoms with Crippen LogP contribution in [0.3, 0.4) is 0 Å². The third-order valence-electron chi connectivity index (χ3n) is 2.94. The van der Waals surface area contributed by atoms with Gasteiger partial charge in [-0.25, -0.2) is 9.97 Å². The highest BCUT2D eigenvalue weighted by Gasteiger charge is 2.23. The molecule has 2 aliphatic rings. The van der Waals surface area contributed by atoms with Crippen molar-refractivity contribution in [1.29, 1.82) is 0 Å². The highest BCUT2D eigenvalue weighted by Crippen LogP contribution is 2.33. The van der Waals surface area contributed by atoms with Crippen LogP contribution in [0.15, 0.2) is 12.3 Å². The molecular formula is C11H16N4S. The van der Waals surface area contributed by atoms with Crippen molar-refractivity contribution in [3.05, 3.63) is 18.0 Å². The lowest BCUT2D eigenvalue weighted by atomic mass is 10.1. The number of hydrogen-bond donors (Lipinski definition) is 2. The molecule has 2 fully saturated rings. The van der Waals surface area contributed by atoms with Gasteiger partial charge < -0.3 is 5.32 Å². The zero-order chi connectivity index (χ0) is 10.8. The summed E-state index contributed by atoms with van der Waals surface area (Å²) in [7, 11) is 0. The van der Waals surface area contributed by atoms with Gasteiger partial charge in [0, 0.05) is 17.5 Å². The molecule has 5 heteroatoms. The van der Waals surface area contributed by atoms with Crippen LogP contribution in [-0.2, 0) is 0 Å². The van der Waals surface area contributed by atoms with E-state index >= 15 is 0 Å². The van der Waals surface area contributed by atoms with E-state index in [0.29, 0.717) is 6.04 Å². The van der Waals surface area contributed by atoms with E-state index in [-0.39, 0.29) is 0 Å². The third-order valence-corrected chi connectivity index (χ3v) is 4.04. The molecule has 1 saturated heterocycles. The fourth-order valence-corrected chi connectivity index (χ4v) is 2.62. The van der Waals surface area contributed by atoms with Crippen molar-refractivity contribution < 1.29 is 0 Å². The maximum atomic E-state index is 4.55. The van der Waals surface area contributed by atoms with Crippen LogP contribution in [0.4, 0.5) is 5.95 Å². The molecule has 1 aliphatic heterocycles. The Hall–Kier alpha value is -0.810. The maximum Gasteiger partial charge on any atom is 0.233 e. The first-order chi connectivity index (χ1) is 7.92. The monoisotopic (exact) mass is 236 g/mol. The second-order valence-corrected chi connectivity index (χ2v) is 5.48. The summed E-state index contributed by atoms with van der Waals surface area (Å²) in [6, 6.07) is 2.44. The average Bonchev–Trinajstić information content (AvgIpc) is 2.99. The van der Waals surface area contributed by atoms with Gasteiger partial charge in [0.25, 0.3) is 0 Å². The number of nitrogens with zero attached hydrogens (tertiary/aromatic N) is 2. The number of rotatable bonds is 4. The van der Waals surface area contributed by atoms with Crippen LogP contribution in [0.5, 0.6) is 0 Å². The van der Waals surface area contributed by atoms with E-state index in [1.165, 1.54) is 25.7 Å². The summed E-state index contributed by atoms with van der Waals surface area (Å²) in [5, 5.41) is 4.23. The Morgan fingerprint density at radius 2 is 2.31 bits per heavy atom. The maximum absolute atomic E-state index is 4.55. The smallest absolute Gasteiger partial charge is 0.233 e. The quantitative estimate of drug-likeness (QED) is 0.784. The van der Waals surface area contributed by atoms with Crippen molar-refractivity contribution in [3.63, 3.8) is 0 Å². The minimum Gasteiger partial charge on any atom is -0.309 e. The van der Waals surface area contributed by atoms with Crippen molar-refractivity contribution in [2.24, 2.45) is 0 Å². The minimum absolute atomic E-state index is 0.425. The van der Waals surface area contributed by atoms with Gasteiger partial charge in [0.15, 0.2) is 0 Å². The first-order valence-corrected chi connectivity index (χ1v) is 6.78.